The Kier molecular flexibility index (Phi) is 14.9. The van der Waals surface area contributed by atoms with Gasteiger partial charge in [0, 0.05) is 16.1 Å². The van der Waals surface area contributed by atoms with Crippen molar-refractivity contribution >= 4 is 69.0 Å². The number of nitrogens with one attached hydrogen (secondary N) is 4. The third kappa shape index (κ3) is 12.1. The number of esters is 1. The summed E-state index contributed by atoms with van der Waals surface area (Å²) in [5, 5.41) is 20.7. The van der Waals surface area contributed by atoms with Crippen LogP contribution in [0.4, 0.5) is 15.3 Å². The maximum Gasteiger partial charge on any atom is 0.412 e. The van der Waals surface area contributed by atoms with Crippen LogP contribution >= 0.6 is 27.5 Å². The summed E-state index contributed by atoms with van der Waals surface area (Å²) in [6.45, 7) is 4.57. The zero-order chi connectivity index (χ0) is 32.6. The molecule has 0 aliphatic carbocycles. The molecule has 0 aliphatic rings. The summed E-state index contributed by atoms with van der Waals surface area (Å²) < 4.78 is 14.9. The number of phenols is 1. The average Bonchev–Trinajstić information content (AvgIpc) is 2.96. The van der Waals surface area contributed by atoms with Crippen molar-refractivity contribution in [2.45, 2.75) is 33.2 Å². The normalized spacial score (nSPS) is 11.5. The minimum atomic E-state index is -1.01. The van der Waals surface area contributed by atoms with Crippen LogP contribution in [-0.2, 0) is 23.8 Å². The largest absolute Gasteiger partial charge is 0.506 e. The highest BCUT2D eigenvalue weighted by Gasteiger charge is 2.24. The summed E-state index contributed by atoms with van der Waals surface area (Å²) in [6, 6.07) is 7.81. The molecule has 2 aromatic rings. The molecule has 0 fully saturated rings. The fourth-order valence-corrected chi connectivity index (χ4v) is 4.43. The predicted molar refractivity (Wildman–Crippen MR) is 164 cm³/mol. The number of rotatable bonds is 13. The summed E-state index contributed by atoms with van der Waals surface area (Å²) in [7, 11) is 0. The highest BCUT2D eigenvalue weighted by molar-refractivity contribution is 9.10. The molecule has 44 heavy (non-hydrogen) atoms. The van der Waals surface area contributed by atoms with Gasteiger partial charge in [-0.15, -0.1) is 0 Å². The molecule has 0 saturated heterocycles. The van der Waals surface area contributed by atoms with Crippen molar-refractivity contribution in [3.63, 3.8) is 0 Å². The van der Waals surface area contributed by atoms with E-state index in [0.29, 0.717) is 0 Å². The molecule has 0 heterocycles. The number of hydrogen-bond acceptors (Lipinski definition) is 10. The Morgan fingerprint density at radius 2 is 1.61 bits per heavy atom. The molecule has 5 N–H and O–H groups in total. The van der Waals surface area contributed by atoms with Crippen molar-refractivity contribution in [1.82, 2.24) is 21.3 Å². The van der Waals surface area contributed by atoms with Gasteiger partial charge in [-0.2, -0.15) is 0 Å². The molecular formula is C28H33BrClN5O9. The van der Waals surface area contributed by atoms with Gasteiger partial charge in [0.15, 0.2) is 0 Å². The molecule has 14 nitrogen and oxygen atoms in total. The van der Waals surface area contributed by atoms with Crippen LogP contribution in [0.25, 0.3) is 0 Å². The first-order valence-corrected chi connectivity index (χ1v) is 14.6. The maximum atomic E-state index is 12.9. The molecule has 2 rings (SSSR count). The predicted octanol–water partition coefficient (Wildman–Crippen LogP) is 3.87. The maximum absolute atomic E-state index is 12.9. The lowest BCUT2D eigenvalue weighted by Crippen LogP contribution is -2.40. The lowest BCUT2D eigenvalue weighted by molar-refractivity contribution is -0.143. The topological polar surface area (TPSA) is 194 Å². The number of aromatic hydroxyl groups is 1. The second kappa shape index (κ2) is 18.3. The molecule has 2 aromatic carbocycles. The first kappa shape index (κ1) is 35.8. The Labute approximate surface area is 267 Å². The van der Waals surface area contributed by atoms with E-state index in [-0.39, 0.29) is 70.7 Å². The van der Waals surface area contributed by atoms with Gasteiger partial charge in [-0.25, -0.2) is 14.6 Å². The Morgan fingerprint density at radius 1 is 0.932 bits per heavy atom. The second-order valence-corrected chi connectivity index (χ2v) is 9.96. The van der Waals surface area contributed by atoms with Crippen molar-refractivity contribution in [2.24, 2.45) is 4.99 Å². The van der Waals surface area contributed by atoms with Crippen molar-refractivity contribution in [3.05, 3.63) is 57.0 Å². The number of amidine groups is 1. The van der Waals surface area contributed by atoms with Crippen molar-refractivity contribution in [1.29, 1.82) is 0 Å². The SMILES string of the molecule is CCOC(=O)CC(NC(=O)CNC(=O)c1cccc(N=C(CNC(=O)OCC)NC(=O)OCC)c1)c1cc(Cl)cc(Br)c1O. The first-order chi connectivity index (χ1) is 21.0. The van der Waals surface area contributed by atoms with Crippen LogP contribution in [0, 0.1) is 0 Å². The van der Waals surface area contributed by atoms with Gasteiger partial charge in [-0.1, -0.05) is 17.7 Å². The van der Waals surface area contributed by atoms with Crippen molar-refractivity contribution in [3.8, 4) is 5.75 Å². The summed E-state index contributed by atoms with van der Waals surface area (Å²) in [5.41, 5.74) is 0.552. The number of benzene rings is 2. The zero-order valence-electron chi connectivity index (χ0n) is 24.2. The van der Waals surface area contributed by atoms with E-state index < -0.39 is 42.6 Å². The number of carbonyl (C=O) groups is 5. The van der Waals surface area contributed by atoms with Crippen LogP contribution in [0.5, 0.6) is 5.75 Å². The molecule has 0 radical (unpaired) electrons. The first-order valence-electron chi connectivity index (χ1n) is 13.4. The molecule has 0 aliphatic heterocycles. The highest BCUT2D eigenvalue weighted by Crippen LogP contribution is 2.36. The molecule has 0 saturated carbocycles. The fraction of sp³-hybridized carbons (Fsp3) is 0.357. The molecule has 238 valence electrons. The van der Waals surface area contributed by atoms with Crippen LogP contribution in [0.2, 0.25) is 5.02 Å². The van der Waals surface area contributed by atoms with Crippen LogP contribution in [0.3, 0.4) is 0 Å². The van der Waals surface area contributed by atoms with Crippen LogP contribution in [0.15, 0.2) is 45.9 Å². The van der Waals surface area contributed by atoms with Gasteiger partial charge in [0.05, 0.1) is 55.5 Å². The molecule has 16 heteroatoms. The third-order valence-corrected chi connectivity index (χ3v) is 6.25. The van der Waals surface area contributed by atoms with Gasteiger partial charge < -0.3 is 35.3 Å². The van der Waals surface area contributed by atoms with Crippen molar-refractivity contribution < 1.29 is 43.3 Å². The lowest BCUT2D eigenvalue weighted by atomic mass is 10.0. The van der Waals surface area contributed by atoms with Crippen LogP contribution in [0.1, 0.15) is 49.2 Å². The number of phenolic OH excluding ortho intramolecular Hbond substituents is 1. The van der Waals surface area contributed by atoms with Gasteiger partial charge in [-0.05, 0) is 67.0 Å². The van der Waals surface area contributed by atoms with E-state index in [2.05, 4.69) is 42.2 Å². The van der Waals surface area contributed by atoms with E-state index >= 15 is 0 Å². The minimum Gasteiger partial charge on any atom is -0.506 e. The smallest absolute Gasteiger partial charge is 0.412 e. The highest BCUT2D eigenvalue weighted by atomic mass is 79.9. The number of carbonyl (C=O) groups excluding carboxylic acids is 5. The summed E-state index contributed by atoms with van der Waals surface area (Å²) in [6.07, 6.45) is -1.82. The van der Waals surface area contributed by atoms with E-state index in [1.807, 2.05) is 0 Å². The zero-order valence-corrected chi connectivity index (χ0v) is 26.5. The molecular weight excluding hydrogens is 666 g/mol. The fourth-order valence-electron chi connectivity index (χ4n) is 3.59. The summed E-state index contributed by atoms with van der Waals surface area (Å²) in [4.78, 5) is 65.8. The number of aliphatic imine (C=N–C) groups is 1. The number of amides is 4. The van der Waals surface area contributed by atoms with Gasteiger partial charge >= 0.3 is 18.2 Å². The molecule has 4 amide bonds. The Balaban J connectivity index is 2.15. The average molecular weight is 699 g/mol. The number of ether oxygens (including phenoxy) is 3. The quantitative estimate of drug-likeness (QED) is 0.0894. The third-order valence-electron chi connectivity index (χ3n) is 5.42. The Hall–Kier alpha value is -4.37. The van der Waals surface area contributed by atoms with Gasteiger partial charge in [0.2, 0.25) is 5.91 Å². The van der Waals surface area contributed by atoms with E-state index in [1.54, 1.807) is 26.8 Å². The monoisotopic (exact) mass is 697 g/mol. The molecule has 1 unspecified atom stereocenters. The van der Waals surface area contributed by atoms with E-state index in [1.165, 1.54) is 30.3 Å². The summed E-state index contributed by atoms with van der Waals surface area (Å²) in [5.74, 6) is -2.12. The molecule has 0 aromatic heterocycles. The Bertz CT molecular complexity index is 1390. The van der Waals surface area contributed by atoms with Gasteiger partial charge in [0.1, 0.15) is 11.6 Å². The molecule has 0 bridgehead atoms. The standard InChI is InChI=1S/C28H33BrClN5O9/c1-4-42-24(37)13-21(19-11-17(30)12-20(29)25(19)38)34-23(36)15-31-26(39)16-8-7-9-18(10-16)33-22(35-28(41)44-6-3)14-32-27(40)43-5-2/h7-12,21,38H,4-6,13-15H2,1-3H3,(H,31,39)(H,32,40)(H,34,36)(H,33,35,41). The molecule has 1 atom stereocenters. The Morgan fingerprint density at radius 3 is 2.30 bits per heavy atom. The lowest BCUT2D eigenvalue weighted by Gasteiger charge is -2.20. The van der Waals surface area contributed by atoms with Gasteiger partial charge in [0.25, 0.3) is 5.91 Å². The van der Waals surface area contributed by atoms with E-state index in [4.69, 9.17) is 25.8 Å². The van der Waals surface area contributed by atoms with Crippen LogP contribution < -0.4 is 21.3 Å². The number of alkyl carbamates (subject to hydrolysis) is 2. The number of hydrogen-bond donors (Lipinski definition) is 5. The van der Waals surface area contributed by atoms with E-state index in [9.17, 15) is 29.1 Å². The van der Waals surface area contributed by atoms with E-state index in [0.717, 1.165) is 0 Å². The van der Waals surface area contributed by atoms with Crippen molar-refractivity contribution in [2.75, 3.05) is 32.9 Å². The van der Waals surface area contributed by atoms with Gasteiger partial charge in [-0.3, -0.25) is 19.7 Å². The number of nitrogens with zero attached hydrogens (tertiary/aromatic N) is 1. The second-order valence-electron chi connectivity index (χ2n) is 8.67. The summed E-state index contributed by atoms with van der Waals surface area (Å²) >= 11 is 9.29. The minimum absolute atomic E-state index is 0.0111. The molecule has 0 spiro atoms. The number of halogens is 2. The van der Waals surface area contributed by atoms with Crippen LogP contribution in [-0.4, -0.2) is 73.8 Å².